The lowest BCUT2D eigenvalue weighted by atomic mass is 9.96. The van der Waals surface area contributed by atoms with E-state index in [1.54, 1.807) is 24.3 Å². The fourth-order valence-electron chi connectivity index (χ4n) is 4.15. The molecule has 0 aliphatic carbocycles. The first-order chi connectivity index (χ1) is 17.4. The highest BCUT2D eigenvalue weighted by Crippen LogP contribution is 2.30. The third kappa shape index (κ3) is 9.27. The third-order valence-electron chi connectivity index (χ3n) is 6.28. The quantitative estimate of drug-likeness (QED) is 0.373. The van der Waals surface area contributed by atoms with Crippen LogP contribution in [0.5, 0.6) is 0 Å². The molecule has 2 aromatic rings. The number of aliphatic carboxylic acids is 1. The molecule has 0 bridgehead atoms. The van der Waals surface area contributed by atoms with Crippen molar-refractivity contribution in [3.8, 4) is 0 Å². The van der Waals surface area contributed by atoms with Gasteiger partial charge in [-0.3, -0.25) is 19.2 Å². The molecule has 0 saturated heterocycles. The maximum absolute atomic E-state index is 13.1. The summed E-state index contributed by atoms with van der Waals surface area (Å²) in [7, 11) is 1.71. The number of hydrogen-bond donors (Lipinski definition) is 2. The van der Waals surface area contributed by atoms with Gasteiger partial charge >= 0.3 is 11.9 Å². The van der Waals surface area contributed by atoms with E-state index in [4.69, 9.17) is 4.74 Å². The van der Waals surface area contributed by atoms with Gasteiger partial charge in [-0.15, -0.1) is 11.3 Å². The highest BCUT2D eigenvalue weighted by molar-refractivity contribution is 7.09. The van der Waals surface area contributed by atoms with Crippen LogP contribution in [0.15, 0.2) is 35.7 Å². The van der Waals surface area contributed by atoms with Gasteiger partial charge in [0.15, 0.2) is 6.10 Å². The van der Waals surface area contributed by atoms with Gasteiger partial charge in [0.1, 0.15) is 10.7 Å². The molecule has 0 saturated carbocycles. The van der Waals surface area contributed by atoms with Crippen LogP contribution in [0.4, 0.5) is 0 Å². The van der Waals surface area contributed by atoms with Crippen LogP contribution in [0.1, 0.15) is 74.6 Å². The fourth-order valence-corrected chi connectivity index (χ4v) is 4.99. The molecule has 1 aromatic carbocycles. The summed E-state index contributed by atoms with van der Waals surface area (Å²) in [5, 5.41) is 14.4. The zero-order valence-corrected chi connectivity index (χ0v) is 23.1. The molecule has 1 aromatic heterocycles. The number of esters is 1. The van der Waals surface area contributed by atoms with Gasteiger partial charge in [0.2, 0.25) is 5.91 Å². The first kappa shape index (κ1) is 30.0. The lowest BCUT2D eigenvalue weighted by Gasteiger charge is -2.32. The number of carboxylic acids is 1. The van der Waals surface area contributed by atoms with Crippen molar-refractivity contribution in [3.05, 3.63) is 52.0 Å². The normalized spacial score (nSPS) is 14.4. The standard InChI is InChI=1S/C27H37N3O6S/c1-16(2)23(30(6)18(4)31)14-24(36-19(5)32)26-29-22(15-37-26)25(33)28-21(12-17(3)27(34)35)13-20-10-8-7-9-11-20/h7-11,15-17,21,23-24H,12-14H2,1-6H3,(H,28,33)(H,34,35)/t17-,21+,23+,24+/m0/s1. The molecule has 2 rings (SSSR count). The Morgan fingerprint density at radius 3 is 2.27 bits per heavy atom. The fraction of sp³-hybridized carbons (Fsp3) is 0.519. The Hall–Kier alpha value is -3.27. The first-order valence-electron chi connectivity index (χ1n) is 12.3. The van der Waals surface area contributed by atoms with E-state index in [-0.39, 0.29) is 30.0 Å². The van der Waals surface area contributed by atoms with Gasteiger partial charge in [-0.2, -0.15) is 0 Å². The van der Waals surface area contributed by atoms with Crippen LogP contribution in [-0.2, 0) is 25.5 Å². The second-order valence-electron chi connectivity index (χ2n) is 9.68. The Kier molecular flexibility index (Phi) is 11.2. The van der Waals surface area contributed by atoms with E-state index in [0.717, 1.165) is 5.56 Å². The van der Waals surface area contributed by atoms with Crippen LogP contribution in [0, 0.1) is 11.8 Å². The van der Waals surface area contributed by atoms with Gasteiger partial charge in [-0.25, -0.2) is 4.98 Å². The van der Waals surface area contributed by atoms with Gasteiger partial charge < -0.3 is 20.1 Å². The summed E-state index contributed by atoms with van der Waals surface area (Å²) in [6, 6.07) is 8.93. The molecule has 0 aliphatic heterocycles. The first-order valence-corrected chi connectivity index (χ1v) is 13.2. The minimum absolute atomic E-state index is 0.0977. The summed E-state index contributed by atoms with van der Waals surface area (Å²) in [6.45, 7) is 8.38. The van der Waals surface area contributed by atoms with Crippen molar-refractivity contribution in [2.24, 2.45) is 11.8 Å². The molecule has 0 aliphatic rings. The molecule has 10 heteroatoms. The Balaban J connectivity index is 2.23. The number of carboxylic acid groups (broad SMARTS) is 1. The number of amides is 2. The predicted octanol–water partition coefficient (Wildman–Crippen LogP) is 4.09. The summed E-state index contributed by atoms with van der Waals surface area (Å²) >= 11 is 1.20. The number of nitrogens with one attached hydrogen (secondary N) is 1. The number of benzene rings is 1. The number of thiazole rings is 1. The number of nitrogens with zero attached hydrogens (tertiary/aromatic N) is 2. The molecular weight excluding hydrogens is 494 g/mol. The number of rotatable bonds is 13. The Labute approximate surface area is 222 Å². The van der Waals surface area contributed by atoms with E-state index < -0.39 is 35.9 Å². The van der Waals surface area contributed by atoms with Crippen LogP contribution in [-0.4, -0.2) is 57.9 Å². The van der Waals surface area contributed by atoms with E-state index in [2.05, 4.69) is 10.3 Å². The van der Waals surface area contributed by atoms with Crippen molar-refractivity contribution in [2.45, 2.75) is 72.1 Å². The summed E-state index contributed by atoms with van der Waals surface area (Å²) in [5.41, 5.74) is 1.15. The van der Waals surface area contributed by atoms with E-state index in [0.29, 0.717) is 17.8 Å². The number of ether oxygens (including phenoxy) is 1. The van der Waals surface area contributed by atoms with Gasteiger partial charge in [0, 0.05) is 44.8 Å². The molecule has 2 amide bonds. The average molecular weight is 532 g/mol. The second kappa shape index (κ2) is 13.9. The van der Waals surface area contributed by atoms with Crippen LogP contribution < -0.4 is 5.32 Å². The number of carbonyl (C=O) groups excluding carboxylic acids is 3. The van der Waals surface area contributed by atoms with Crippen molar-refractivity contribution in [1.82, 2.24) is 15.2 Å². The van der Waals surface area contributed by atoms with Gasteiger partial charge in [0.05, 0.1) is 5.92 Å². The van der Waals surface area contributed by atoms with Crippen LogP contribution in [0.25, 0.3) is 0 Å². The van der Waals surface area contributed by atoms with Gasteiger partial charge in [-0.05, 0) is 24.3 Å². The minimum atomic E-state index is -0.928. The molecule has 0 fully saturated rings. The van der Waals surface area contributed by atoms with E-state index >= 15 is 0 Å². The maximum Gasteiger partial charge on any atom is 0.306 e. The van der Waals surface area contributed by atoms with Crippen LogP contribution in [0.3, 0.4) is 0 Å². The molecule has 1 heterocycles. The maximum atomic E-state index is 13.1. The molecule has 202 valence electrons. The molecule has 0 radical (unpaired) electrons. The highest BCUT2D eigenvalue weighted by atomic mass is 32.1. The molecular formula is C27H37N3O6S. The van der Waals surface area contributed by atoms with Crippen molar-refractivity contribution in [3.63, 3.8) is 0 Å². The van der Waals surface area contributed by atoms with Gasteiger partial charge in [-0.1, -0.05) is 51.1 Å². The lowest BCUT2D eigenvalue weighted by molar-refractivity contribution is -0.148. The minimum Gasteiger partial charge on any atom is -0.481 e. The zero-order chi connectivity index (χ0) is 27.7. The number of aromatic nitrogens is 1. The predicted molar refractivity (Wildman–Crippen MR) is 141 cm³/mol. The average Bonchev–Trinajstić information content (AvgIpc) is 3.31. The summed E-state index contributed by atoms with van der Waals surface area (Å²) < 4.78 is 5.55. The van der Waals surface area contributed by atoms with Crippen molar-refractivity contribution in [2.75, 3.05) is 7.05 Å². The third-order valence-corrected chi connectivity index (χ3v) is 7.21. The summed E-state index contributed by atoms with van der Waals surface area (Å²) in [4.78, 5) is 54.5. The number of carbonyl (C=O) groups is 4. The van der Waals surface area contributed by atoms with Crippen molar-refractivity contribution in [1.29, 1.82) is 0 Å². The Morgan fingerprint density at radius 2 is 1.73 bits per heavy atom. The SMILES string of the molecule is CC(=O)O[C@H](C[C@H](C(C)C)N(C)C(C)=O)c1nc(C(=O)N[C@@H](Cc2ccccc2)C[C@H](C)C(=O)O)cs1. The molecule has 0 spiro atoms. The Bertz CT molecular complexity index is 1070. The molecule has 2 N–H and O–H groups in total. The summed E-state index contributed by atoms with van der Waals surface area (Å²) in [5.74, 6) is -2.47. The second-order valence-corrected chi connectivity index (χ2v) is 10.6. The topological polar surface area (TPSA) is 126 Å². The molecule has 4 atom stereocenters. The lowest BCUT2D eigenvalue weighted by Crippen LogP contribution is -2.40. The molecule has 9 nitrogen and oxygen atoms in total. The summed E-state index contributed by atoms with van der Waals surface area (Å²) in [6.07, 6.45) is 0.362. The monoisotopic (exact) mass is 531 g/mol. The molecule has 0 unspecified atom stereocenters. The van der Waals surface area contributed by atoms with E-state index in [1.807, 2.05) is 44.2 Å². The van der Waals surface area contributed by atoms with Crippen molar-refractivity contribution < 1.29 is 29.0 Å². The molecule has 37 heavy (non-hydrogen) atoms. The van der Waals surface area contributed by atoms with Crippen LogP contribution in [0.2, 0.25) is 0 Å². The number of hydrogen-bond acceptors (Lipinski definition) is 7. The smallest absolute Gasteiger partial charge is 0.306 e. The van der Waals surface area contributed by atoms with Gasteiger partial charge in [0.25, 0.3) is 5.91 Å². The zero-order valence-electron chi connectivity index (χ0n) is 22.3. The van der Waals surface area contributed by atoms with Crippen LogP contribution >= 0.6 is 11.3 Å². The largest absolute Gasteiger partial charge is 0.481 e. The highest BCUT2D eigenvalue weighted by Gasteiger charge is 2.30. The van der Waals surface area contributed by atoms with Crippen molar-refractivity contribution >= 4 is 35.1 Å². The van der Waals surface area contributed by atoms with E-state index in [1.165, 1.54) is 25.2 Å². The van der Waals surface area contributed by atoms with E-state index in [9.17, 15) is 24.3 Å². The Morgan fingerprint density at radius 1 is 1.08 bits per heavy atom.